The summed E-state index contributed by atoms with van der Waals surface area (Å²) in [5.41, 5.74) is 1.61. The largest absolute Gasteiger partial charge is 0.281 e. The van der Waals surface area contributed by atoms with Crippen LogP contribution < -0.4 is 0 Å². The lowest BCUT2D eigenvalue weighted by molar-refractivity contribution is 0.578. The SMILES string of the molecule is C=Cc1ccc2c(c1Cl)C(c1c(F)cccc1F)=N[C@@H](C)c1nnc(C)n1-2. The number of hydrogen-bond donors (Lipinski definition) is 0. The molecular weight excluding hydrogens is 370 g/mol. The Morgan fingerprint density at radius 1 is 1.11 bits per heavy atom. The molecule has 4 nitrogen and oxygen atoms in total. The predicted octanol–water partition coefficient (Wildman–Crippen LogP) is 5.06. The van der Waals surface area contributed by atoms with Crippen molar-refractivity contribution in [3.63, 3.8) is 0 Å². The fourth-order valence-electron chi connectivity index (χ4n) is 3.33. The average Bonchev–Trinajstić information content (AvgIpc) is 2.96. The van der Waals surface area contributed by atoms with Crippen LogP contribution in [0.1, 0.15) is 41.3 Å². The van der Waals surface area contributed by atoms with E-state index in [0.29, 0.717) is 33.5 Å². The Hall–Kier alpha value is -2.86. The minimum absolute atomic E-state index is 0.145. The van der Waals surface area contributed by atoms with Gasteiger partial charge in [0.15, 0.2) is 5.82 Å². The van der Waals surface area contributed by atoms with Crippen LogP contribution in [0, 0.1) is 18.6 Å². The molecule has 1 aliphatic heterocycles. The van der Waals surface area contributed by atoms with Crippen LogP contribution in [0.3, 0.4) is 0 Å². The maximum atomic E-state index is 14.6. The van der Waals surface area contributed by atoms with E-state index in [1.807, 2.05) is 10.6 Å². The molecule has 3 aromatic rings. The molecule has 1 aliphatic rings. The Balaban J connectivity index is 2.16. The van der Waals surface area contributed by atoms with Gasteiger partial charge in [-0.1, -0.05) is 36.4 Å². The van der Waals surface area contributed by atoms with Crippen LogP contribution >= 0.6 is 11.6 Å². The first-order valence-electron chi connectivity index (χ1n) is 8.33. The van der Waals surface area contributed by atoms with Gasteiger partial charge < -0.3 is 0 Å². The molecule has 0 fully saturated rings. The molecule has 2 heterocycles. The van der Waals surface area contributed by atoms with Crippen molar-refractivity contribution in [2.24, 2.45) is 4.99 Å². The van der Waals surface area contributed by atoms with E-state index >= 15 is 0 Å². The molecule has 2 aromatic carbocycles. The number of halogens is 3. The second-order valence-electron chi connectivity index (χ2n) is 6.26. The van der Waals surface area contributed by atoms with Crippen LogP contribution in [-0.4, -0.2) is 20.5 Å². The maximum absolute atomic E-state index is 14.6. The Labute approximate surface area is 159 Å². The van der Waals surface area contributed by atoms with Crippen molar-refractivity contribution in [2.45, 2.75) is 19.9 Å². The van der Waals surface area contributed by atoms with Gasteiger partial charge >= 0.3 is 0 Å². The molecule has 0 amide bonds. The van der Waals surface area contributed by atoms with E-state index in [0.717, 1.165) is 0 Å². The summed E-state index contributed by atoms with van der Waals surface area (Å²) in [6.45, 7) is 7.36. The van der Waals surface area contributed by atoms with Gasteiger partial charge in [0, 0.05) is 5.56 Å². The van der Waals surface area contributed by atoms with Crippen LogP contribution in [0.15, 0.2) is 41.9 Å². The molecule has 136 valence electrons. The van der Waals surface area contributed by atoms with Gasteiger partial charge in [-0.25, -0.2) is 8.78 Å². The zero-order valence-electron chi connectivity index (χ0n) is 14.7. The van der Waals surface area contributed by atoms with Crippen LogP contribution in [0.2, 0.25) is 5.02 Å². The van der Waals surface area contributed by atoms with E-state index < -0.39 is 17.7 Å². The van der Waals surface area contributed by atoms with Crippen molar-refractivity contribution in [3.05, 3.63) is 81.9 Å². The van der Waals surface area contributed by atoms with Gasteiger partial charge in [-0.2, -0.15) is 0 Å². The molecule has 1 atom stereocenters. The zero-order chi connectivity index (χ0) is 19.3. The third-order valence-corrected chi connectivity index (χ3v) is 5.00. The van der Waals surface area contributed by atoms with Gasteiger partial charge in [0.05, 0.1) is 22.0 Å². The monoisotopic (exact) mass is 384 g/mol. The van der Waals surface area contributed by atoms with Crippen molar-refractivity contribution >= 4 is 23.4 Å². The topological polar surface area (TPSA) is 43.1 Å². The molecule has 27 heavy (non-hydrogen) atoms. The van der Waals surface area contributed by atoms with E-state index in [1.54, 1.807) is 26.0 Å². The Morgan fingerprint density at radius 3 is 2.48 bits per heavy atom. The van der Waals surface area contributed by atoms with E-state index in [1.165, 1.54) is 18.2 Å². The maximum Gasteiger partial charge on any atom is 0.162 e. The predicted molar refractivity (Wildman–Crippen MR) is 102 cm³/mol. The molecular formula is C20H15ClF2N4. The summed E-state index contributed by atoms with van der Waals surface area (Å²) < 4.78 is 31.0. The smallest absolute Gasteiger partial charge is 0.162 e. The minimum Gasteiger partial charge on any atom is -0.281 e. The summed E-state index contributed by atoms with van der Waals surface area (Å²) in [5.74, 6) is -0.211. The zero-order valence-corrected chi connectivity index (χ0v) is 15.4. The average molecular weight is 385 g/mol. The molecule has 0 aliphatic carbocycles. The lowest BCUT2D eigenvalue weighted by Crippen LogP contribution is -2.13. The molecule has 0 spiro atoms. The third-order valence-electron chi connectivity index (χ3n) is 4.59. The quantitative estimate of drug-likeness (QED) is 0.619. The molecule has 0 N–H and O–H groups in total. The highest BCUT2D eigenvalue weighted by molar-refractivity contribution is 6.37. The second kappa shape index (κ2) is 6.39. The van der Waals surface area contributed by atoms with Crippen LogP contribution in [0.5, 0.6) is 0 Å². The van der Waals surface area contributed by atoms with Crippen molar-refractivity contribution < 1.29 is 8.78 Å². The fourth-order valence-corrected chi connectivity index (χ4v) is 3.65. The molecule has 7 heteroatoms. The standard InChI is InChI=1S/C20H15ClF2N4/c1-4-12-8-9-15-17(18(12)21)19(16-13(22)6-5-7-14(16)23)24-10(2)20-26-25-11(3)27(15)20/h4-10H,1H2,2-3H3/t10-/m0/s1. The van der Waals surface area contributed by atoms with Gasteiger partial charge in [-0.3, -0.25) is 9.56 Å². The molecule has 4 rings (SSSR count). The van der Waals surface area contributed by atoms with Crippen LogP contribution in [0.4, 0.5) is 8.78 Å². The highest BCUT2D eigenvalue weighted by Crippen LogP contribution is 2.37. The summed E-state index contributed by atoms with van der Waals surface area (Å²) in [7, 11) is 0. The van der Waals surface area contributed by atoms with E-state index in [9.17, 15) is 8.78 Å². The van der Waals surface area contributed by atoms with Gasteiger partial charge in [-0.15, -0.1) is 10.2 Å². The second-order valence-corrected chi connectivity index (χ2v) is 6.64. The number of benzene rings is 2. The number of fused-ring (bicyclic) bond motifs is 3. The van der Waals surface area contributed by atoms with E-state index in [4.69, 9.17) is 11.6 Å². The normalized spacial score (nSPS) is 15.6. The lowest BCUT2D eigenvalue weighted by Gasteiger charge is -2.16. The molecule has 1 aromatic heterocycles. The Kier molecular flexibility index (Phi) is 4.15. The molecule has 0 bridgehead atoms. The van der Waals surface area contributed by atoms with Gasteiger partial charge in [0.2, 0.25) is 0 Å². The molecule has 0 unspecified atom stereocenters. The van der Waals surface area contributed by atoms with Crippen molar-refractivity contribution in [3.8, 4) is 5.69 Å². The third kappa shape index (κ3) is 2.59. The van der Waals surface area contributed by atoms with Crippen LogP contribution in [0.25, 0.3) is 11.8 Å². The highest BCUT2D eigenvalue weighted by atomic mass is 35.5. The number of aryl methyl sites for hydroxylation is 1. The van der Waals surface area contributed by atoms with E-state index in [-0.39, 0.29) is 11.3 Å². The highest BCUT2D eigenvalue weighted by Gasteiger charge is 2.30. The molecule has 0 radical (unpaired) electrons. The van der Waals surface area contributed by atoms with Crippen LogP contribution in [-0.2, 0) is 0 Å². The first-order chi connectivity index (χ1) is 12.9. The van der Waals surface area contributed by atoms with Gasteiger partial charge in [0.25, 0.3) is 0 Å². The summed E-state index contributed by atoms with van der Waals surface area (Å²) in [4.78, 5) is 4.59. The number of nitrogens with zero attached hydrogens (tertiary/aromatic N) is 4. The number of aliphatic imine (C=N–C) groups is 1. The number of hydrogen-bond acceptors (Lipinski definition) is 3. The van der Waals surface area contributed by atoms with Gasteiger partial charge in [-0.05, 0) is 37.6 Å². The summed E-state index contributed by atoms with van der Waals surface area (Å²) >= 11 is 6.63. The van der Waals surface area contributed by atoms with E-state index in [2.05, 4.69) is 21.8 Å². The minimum atomic E-state index is -0.707. The summed E-state index contributed by atoms with van der Waals surface area (Å²) in [5, 5.41) is 8.64. The molecule has 0 saturated carbocycles. The number of aromatic nitrogens is 3. The van der Waals surface area contributed by atoms with Gasteiger partial charge in [0.1, 0.15) is 23.5 Å². The first-order valence-corrected chi connectivity index (χ1v) is 8.71. The fraction of sp³-hybridized carbons (Fsp3) is 0.150. The van der Waals surface area contributed by atoms with Crippen molar-refractivity contribution in [2.75, 3.05) is 0 Å². The molecule has 0 saturated heterocycles. The van der Waals surface area contributed by atoms with Crippen molar-refractivity contribution in [1.82, 2.24) is 14.8 Å². The summed E-state index contributed by atoms with van der Waals surface area (Å²) in [6, 6.07) is 6.85. The Bertz CT molecular complexity index is 1100. The first kappa shape index (κ1) is 17.5. The van der Waals surface area contributed by atoms with Crippen molar-refractivity contribution in [1.29, 1.82) is 0 Å². The Morgan fingerprint density at radius 2 is 1.81 bits per heavy atom. The number of rotatable bonds is 2. The lowest BCUT2D eigenvalue weighted by atomic mass is 9.97. The summed E-state index contributed by atoms with van der Waals surface area (Å²) in [6.07, 6.45) is 1.59.